The normalized spacial score (nSPS) is 13.1. The molecule has 0 saturated carbocycles. The molecule has 10 heteroatoms. The number of rotatable bonds is 10. The topological polar surface area (TPSA) is 171 Å². The number of methoxy groups -OCH3 is 1. The molecule has 0 fully saturated rings. The van der Waals surface area contributed by atoms with Crippen molar-refractivity contribution in [1.82, 2.24) is 9.97 Å². The second-order valence-corrected chi connectivity index (χ2v) is 6.50. The molecule has 2 aromatic rings. The predicted octanol–water partition coefficient (Wildman–Crippen LogP) is 0.328. The Hall–Kier alpha value is -4.05. The van der Waals surface area contributed by atoms with E-state index in [1.807, 2.05) is 0 Å². The molecule has 31 heavy (non-hydrogen) atoms. The first-order valence-corrected chi connectivity index (χ1v) is 9.08. The molecule has 0 spiro atoms. The standard InChI is InChI=1S/C21H23N5O5/c1-12(29)3-18(22)20(26-15-4-13(9-27)5-16(6-15)31-2)21(30)19(23)17(10-28)14-7-24-11-25-8-14/h3-8,10-11,20,26-27H,9,22-23H2,1-2H3. The van der Waals surface area contributed by atoms with Gasteiger partial charge in [-0.25, -0.2) is 9.97 Å². The van der Waals surface area contributed by atoms with Crippen molar-refractivity contribution in [3.8, 4) is 5.75 Å². The average molecular weight is 425 g/mol. The Bertz CT molecular complexity index is 1010. The summed E-state index contributed by atoms with van der Waals surface area (Å²) in [5.74, 6) is -0.698. The number of Topliss-reactive ketones (excluding diaryl/α,β-unsaturated/α-hetero) is 1. The van der Waals surface area contributed by atoms with Gasteiger partial charge in [-0.05, 0) is 24.6 Å². The lowest BCUT2D eigenvalue weighted by atomic mass is 9.99. The highest BCUT2D eigenvalue weighted by Gasteiger charge is 2.26. The average Bonchev–Trinajstić information content (AvgIpc) is 2.77. The zero-order valence-corrected chi connectivity index (χ0v) is 17.0. The summed E-state index contributed by atoms with van der Waals surface area (Å²) in [5, 5.41) is 12.4. The van der Waals surface area contributed by atoms with E-state index >= 15 is 0 Å². The van der Waals surface area contributed by atoms with Crippen LogP contribution in [-0.4, -0.2) is 46.1 Å². The van der Waals surface area contributed by atoms with Crippen molar-refractivity contribution in [2.24, 2.45) is 11.5 Å². The molecule has 0 aliphatic carbocycles. The summed E-state index contributed by atoms with van der Waals surface area (Å²) in [6, 6.07) is 3.49. The second-order valence-electron chi connectivity index (χ2n) is 6.50. The van der Waals surface area contributed by atoms with Crippen molar-refractivity contribution < 1.29 is 24.2 Å². The molecule has 10 nitrogen and oxygen atoms in total. The lowest BCUT2D eigenvalue weighted by Gasteiger charge is -2.21. The second kappa shape index (κ2) is 10.6. The van der Waals surface area contributed by atoms with Crippen LogP contribution in [0.15, 0.2) is 54.4 Å². The molecule has 0 amide bonds. The number of aromatic nitrogens is 2. The number of aliphatic hydroxyl groups excluding tert-OH is 1. The highest BCUT2D eigenvalue weighted by atomic mass is 16.5. The third kappa shape index (κ3) is 5.97. The summed E-state index contributed by atoms with van der Waals surface area (Å²) < 4.78 is 5.20. The third-order valence-electron chi connectivity index (χ3n) is 4.21. The number of benzene rings is 1. The van der Waals surface area contributed by atoms with Crippen molar-refractivity contribution in [3.63, 3.8) is 0 Å². The summed E-state index contributed by atoms with van der Waals surface area (Å²) in [5.41, 5.74) is 12.6. The smallest absolute Gasteiger partial charge is 0.207 e. The van der Waals surface area contributed by atoms with E-state index in [0.717, 1.165) is 6.08 Å². The predicted molar refractivity (Wildman–Crippen MR) is 113 cm³/mol. The largest absolute Gasteiger partial charge is 0.497 e. The Morgan fingerprint density at radius 2 is 1.90 bits per heavy atom. The summed E-state index contributed by atoms with van der Waals surface area (Å²) in [6.07, 6.45) is 5.45. The van der Waals surface area contributed by atoms with Crippen LogP contribution in [0.1, 0.15) is 18.1 Å². The molecule has 1 atom stereocenters. The summed E-state index contributed by atoms with van der Waals surface area (Å²) >= 11 is 0. The molecule has 0 aliphatic rings. The zero-order valence-electron chi connectivity index (χ0n) is 17.0. The van der Waals surface area contributed by atoms with E-state index in [1.165, 1.54) is 32.8 Å². The Balaban J connectivity index is 2.54. The molecule has 1 aromatic heterocycles. The first kappa shape index (κ1) is 23.2. The SMILES string of the molecule is COc1cc(CO)cc(NC(C(=O)C(N)=C(C=O)c2cncnc2)C(N)=CC(C)=O)c1. The molecule has 0 bridgehead atoms. The zero-order chi connectivity index (χ0) is 23.0. The summed E-state index contributed by atoms with van der Waals surface area (Å²) in [7, 11) is 1.45. The third-order valence-corrected chi connectivity index (χ3v) is 4.21. The van der Waals surface area contributed by atoms with Crippen molar-refractivity contribution in [2.45, 2.75) is 19.6 Å². The number of allylic oxidation sites excluding steroid dienone is 2. The maximum Gasteiger partial charge on any atom is 0.207 e. The van der Waals surface area contributed by atoms with Gasteiger partial charge in [-0.3, -0.25) is 14.4 Å². The molecule has 0 radical (unpaired) electrons. The molecule has 2 rings (SSSR count). The highest BCUT2D eigenvalue weighted by molar-refractivity contribution is 6.19. The van der Waals surface area contributed by atoms with Gasteiger partial charge in [-0.1, -0.05) is 0 Å². The molecule has 0 aliphatic heterocycles. The van der Waals surface area contributed by atoms with Crippen LogP contribution in [0.2, 0.25) is 0 Å². The molecule has 0 saturated heterocycles. The number of ketones is 2. The van der Waals surface area contributed by atoms with Crippen molar-refractivity contribution >= 4 is 29.1 Å². The van der Waals surface area contributed by atoms with Crippen LogP contribution >= 0.6 is 0 Å². The number of nitrogens with one attached hydrogen (secondary N) is 1. The molecule has 1 unspecified atom stereocenters. The monoisotopic (exact) mass is 425 g/mol. The number of carbonyl (C=O) groups is 3. The van der Waals surface area contributed by atoms with E-state index < -0.39 is 11.8 Å². The van der Waals surface area contributed by atoms with Gasteiger partial charge in [0.05, 0.1) is 25.0 Å². The number of hydrogen-bond acceptors (Lipinski definition) is 10. The Morgan fingerprint density at radius 1 is 1.23 bits per heavy atom. The number of anilines is 1. The van der Waals surface area contributed by atoms with E-state index in [9.17, 15) is 19.5 Å². The number of aldehydes is 1. The molecular formula is C21H23N5O5. The summed E-state index contributed by atoms with van der Waals surface area (Å²) in [4.78, 5) is 44.0. The molecule has 162 valence electrons. The van der Waals surface area contributed by atoms with E-state index in [0.29, 0.717) is 23.3 Å². The lowest BCUT2D eigenvalue weighted by Crippen LogP contribution is -2.38. The molecule has 1 aromatic carbocycles. The van der Waals surface area contributed by atoms with E-state index in [2.05, 4.69) is 15.3 Å². The van der Waals surface area contributed by atoms with Gasteiger partial charge in [0.1, 0.15) is 18.1 Å². The maximum atomic E-state index is 13.2. The van der Waals surface area contributed by atoms with Gasteiger partial charge in [-0.15, -0.1) is 0 Å². The van der Waals surface area contributed by atoms with Crippen molar-refractivity contribution in [3.05, 3.63) is 65.5 Å². The fraction of sp³-hybridized carbons (Fsp3) is 0.190. The van der Waals surface area contributed by atoms with Crippen LogP contribution in [0.4, 0.5) is 5.69 Å². The van der Waals surface area contributed by atoms with E-state index in [4.69, 9.17) is 16.2 Å². The van der Waals surface area contributed by atoms with Crippen LogP contribution in [0.25, 0.3) is 5.57 Å². The number of hydrogen-bond donors (Lipinski definition) is 4. The number of nitrogens with two attached hydrogens (primary N) is 2. The van der Waals surface area contributed by atoms with Gasteiger partial charge in [0.2, 0.25) is 5.78 Å². The maximum absolute atomic E-state index is 13.2. The van der Waals surface area contributed by atoms with E-state index in [1.54, 1.807) is 18.2 Å². The number of aliphatic hydroxyl groups is 1. The summed E-state index contributed by atoms with van der Waals surface area (Å²) in [6.45, 7) is 1.01. The van der Waals surface area contributed by atoms with Gasteiger partial charge >= 0.3 is 0 Å². The quantitative estimate of drug-likeness (QED) is 0.307. The fourth-order valence-corrected chi connectivity index (χ4v) is 2.75. The van der Waals surface area contributed by atoms with Gasteiger partial charge < -0.3 is 26.6 Å². The van der Waals surface area contributed by atoms with Crippen LogP contribution < -0.4 is 21.5 Å². The van der Waals surface area contributed by atoms with Gasteiger partial charge in [0.25, 0.3) is 0 Å². The van der Waals surface area contributed by atoms with Crippen molar-refractivity contribution in [1.29, 1.82) is 0 Å². The van der Waals surface area contributed by atoms with Crippen LogP contribution in [0, 0.1) is 0 Å². The Morgan fingerprint density at radius 3 is 2.45 bits per heavy atom. The van der Waals surface area contributed by atoms with Gasteiger partial charge in [-0.2, -0.15) is 0 Å². The van der Waals surface area contributed by atoms with Gasteiger partial charge in [0, 0.05) is 41.5 Å². The molecule has 6 N–H and O–H groups in total. The minimum Gasteiger partial charge on any atom is -0.497 e. The molecule has 1 heterocycles. The molecular weight excluding hydrogens is 402 g/mol. The minimum atomic E-state index is -1.28. The number of carbonyl (C=O) groups excluding carboxylic acids is 3. The Kier molecular flexibility index (Phi) is 7.98. The van der Waals surface area contributed by atoms with Crippen LogP contribution in [0.3, 0.4) is 0 Å². The van der Waals surface area contributed by atoms with Crippen LogP contribution in [0.5, 0.6) is 5.75 Å². The first-order valence-electron chi connectivity index (χ1n) is 9.08. The number of nitrogens with zero attached hydrogens (tertiary/aromatic N) is 2. The van der Waals surface area contributed by atoms with Crippen LogP contribution in [-0.2, 0) is 21.0 Å². The van der Waals surface area contributed by atoms with E-state index in [-0.39, 0.29) is 34.9 Å². The first-order chi connectivity index (χ1) is 14.8. The fourth-order valence-electron chi connectivity index (χ4n) is 2.75. The number of ether oxygens (including phenoxy) is 1. The minimum absolute atomic E-state index is 0.108. The Labute approximate surface area is 178 Å². The highest BCUT2D eigenvalue weighted by Crippen LogP contribution is 2.23. The van der Waals surface area contributed by atoms with Crippen molar-refractivity contribution in [2.75, 3.05) is 12.4 Å². The van der Waals surface area contributed by atoms with Gasteiger partial charge in [0.15, 0.2) is 12.1 Å². The lowest BCUT2D eigenvalue weighted by molar-refractivity contribution is -0.115.